The minimum atomic E-state index is -0.965. The lowest BCUT2D eigenvalue weighted by molar-refractivity contribution is -0.132. The number of hydrogen-bond donors (Lipinski definition) is 1. The molecule has 3 aromatic rings. The lowest BCUT2D eigenvalue weighted by Gasteiger charge is -2.23. The van der Waals surface area contributed by atoms with E-state index in [0.717, 1.165) is 22.5 Å². The van der Waals surface area contributed by atoms with E-state index in [2.05, 4.69) is 4.98 Å². The Hall–Kier alpha value is -3.49. The topological polar surface area (TPSA) is 96.8 Å². The minimum Gasteiger partial charge on any atom is -0.507 e. The number of Topliss-reactive ketones (excluding diaryl/α,β-unsaturated/α-hetero) is 1. The maximum absolute atomic E-state index is 13.3. The Morgan fingerprint density at radius 2 is 1.79 bits per heavy atom. The highest BCUT2D eigenvalue weighted by molar-refractivity contribution is 7.17. The summed E-state index contributed by atoms with van der Waals surface area (Å²) in [5.74, 6) is -2.55. The number of halogens is 1. The molecular weight excluding hydrogens is 476 g/mol. The van der Waals surface area contributed by atoms with Gasteiger partial charge in [0.2, 0.25) is 0 Å². The second-order valence-electron chi connectivity index (χ2n) is 7.94. The maximum atomic E-state index is 13.3. The molecule has 1 N–H and O–H groups in total. The number of thiazole rings is 1. The molecule has 1 fully saturated rings. The van der Waals surface area contributed by atoms with Crippen LogP contribution in [0.3, 0.4) is 0 Å². The molecule has 0 bridgehead atoms. The summed E-state index contributed by atoms with van der Waals surface area (Å²) >= 11 is 7.02. The van der Waals surface area contributed by atoms with E-state index < -0.39 is 23.7 Å². The summed E-state index contributed by atoms with van der Waals surface area (Å²) in [5, 5.41) is 11.9. The minimum absolute atomic E-state index is 0.0616. The number of esters is 1. The van der Waals surface area contributed by atoms with Gasteiger partial charge in [-0.25, -0.2) is 9.78 Å². The Morgan fingerprint density at radius 1 is 1.12 bits per heavy atom. The fourth-order valence-electron chi connectivity index (χ4n) is 3.89. The lowest BCUT2D eigenvalue weighted by Crippen LogP contribution is -2.29. The number of aromatic nitrogens is 1. The molecule has 4 rings (SSSR count). The zero-order valence-electron chi connectivity index (χ0n) is 18.9. The number of hydrogen-bond acceptors (Lipinski definition) is 7. The monoisotopic (exact) mass is 496 g/mol. The van der Waals surface area contributed by atoms with Crippen LogP contribution in [0.1, 0.15) is 43.7 Å². The first-order chi connectivity index (χ1) is 16.1. The van der Waals surface area contributed by atoms with Crippen molar-refractivity contribution in [3.8, 4) is 0 Å². The summed E-state index contributed by atoms with van der Waals surface area (Å²) in [6.07, 6.45) is 0. The molecule has 0 radical (unpaired) electrons. The zero-order valence-corrected chi connectivity index (χ0v) is 20.5. The number of amides is 1. The third kappa shape index (κ3) is 3.99. The molecule has 0 aliphatic carbocycles. The predicted octanol–water partition coefficient (Wildman–Crippen LogP) is 5.13. The molecule has 2 aromatic carbocycles. The molecule has 9 heteroatoms. The van der Waals surface area contributed by atoms with Crippen molar-refractivity contribution in [1.82, 2.24) is 4.98 Å². The van der Waals surface area contributed by atoms with E-state index in [1.54, 1.807) is 37.3 Å². The molecule has 174 valence electrons. The number of aliphatic hydroxyl groups excluding tert-OH is 1. The Kier molecular flexibility index (Phi) is 6.29. The number of ketones is 1. The van der Waals surface area contributed by atoms with Gasteiger partial charge >= 0.3 is 11.9 Å². The third-order valence-electron chi connectivity index (χ3n) is 5.64. The number of carbonyl (C=O) groups is 3. The summed E-state index contributed by atoms with van der Waals surface area (Å²) in [5.41, 5.74) is 2.97. The van der Waals surface area contributed by atoms with Crippen LogP contribution in [-0.2, 0) is 14.3 Å². The van der Waals surface area contributed by atoms with Crippen molar-refractivity contribution in [3.05, 3.63) is 85.9 Å². The van der Waals surface area contributed by atoms with Gasteiger partial charge in [-0.1, -0.05) is 52.8 Å². The Bertz CT molecular complexity index is 1360. The van der Waals surface area contributed by atoms with E-state index in [0.29, 0.717) is 21.8 Å². The van der Waals surface area contributed by atoms with Gasteiger partial charge in [0, 0.05) is 10.6 Å². The molecule has 2 heterocycles. The van der Waals surface area contributed by atoms with Gasteiger partial charge in [0.25, 0.3) is 5.78 Å². The predicted molar refractivity (Wildman–Crippen MR) is 130 cm³/mol. The molecule has 1 amide bonds. The quantitative estimate of drug-likeness (QED) is 0.232. The molecule has 1 unspecified atom stereocenters. The number of benzene rings is 2. The van der Waals surface area contributed by atoms with Gasteiger partial charge in [-0.3, -0.25) is 14.5 Å². The molecule has 1 aromatic heterocycles. The average molecular weight is 497 g/mol. The number of aryl methyl sites for hydroxylation is 3. The van der Waals surface area contributed by atoms with Crippen LogP contribution in [0.2, 0.25) is 5.02 Å². The maximum Gasteiger partial charge on any atom is 0.350 e. The van der Waals surface area contributed by atoms with Crippen molar-refractivity contribution >= 4 is 51.5 Å². The summed E-state index contributed by atoms with van der Waals surface area (Å²) in [7, 11) is 1.26. The van der Waals surface area contributed by atoms with Crippen molar-refractivity contribution < 1.29 is 24.2 Å². The van der Waals surface area contributed by atoms with Crippen LogP contribution in [0.25, 0.3) is 5.76 Å². The first-order valence-corrected chi connectivity index (χ1v) is 11.5. The fraction of sp³-hybridized carbons (Fsp3) is 0.200. The zero-order chi connectivity index (χ0) is 24.7. The highest BCUT2D eigenvalue weighted by Crippen LogP contribution is 2.44. The van der Waals surface area contributed by atoms with Crippen LogP contribution in [0.15, 0.2) is 48.0 Å². The number of rotatable bonds is 4. The number of methoxy groups -OCH3 is 1. The number of carbonyl (C=O) groups excluding carboxylic acids is 3. The van der Waals surface area contributed by atoms with Gasteiger partial charge in [0.05, 0.1) is 24.4 Å². The van der Waals surface area contributed by atoms with Crippen molar-refractivity contribution in [1.29, 1.82) is 0 Å². The Balaban J connectivity index is 1.97. The van der Waals surface area contributed by atoms with Gasteiger partial charge in [0.15, 0.2) is 5.13 Å². The van der Waals surface area contributed by atoms with Gasteiger partial charge in [-0.05, 0) is 50.1 Å². The van der Waals surface area contributed by atoms with Gasteiger partial charge < -0.3 is 9.84 Å². The number of ether oxygens (including phenoxy) is 1. The van der Waals surface area contributed by atoms with Crippen LogP contribution >= 0.6 is 22.9 Å². The Labute approximate surface area is 205 Å². The van der Waals surface area contributed by atoms with Crippen molar-refractivity contribution in [3.63, 3.8) is 0 Å². The Morgan fingerprint density at radius 3 is 2.44 bits per heavy atom. The molecule has 1 aliphatic heterocycles. The van der Waals surface area contributed by atoms with Crippen molar-refractivity contribution in [2.24, 2.45) is 0 Å². The van der Waals surface area contributed by atoms with E-state index >= 15 is 0 Å². The van der Waals surface area contributed by atoms with Crippen molar-refractivity contribution in [2.75, 3.05) is 12.0 Å². The molecule has 0 spiro atoms. The summed E-state index contributed by atoms with van der Waals surface area (Å²) in [6.45, 7) is 5.31. The molecule has 7 nitrogen and oxygen atoms in total. The van der Waals surface area contributed by atoms with Crippen LogP contribution in [0, 0.1) is 20.8 Å². The molecule has 1 saturated heterocycles. The molecule has 1 aliphatic rings. The van der Waals surface area contributed by atoms with Crippen LogP contribution < -0.4 is 4.90 Å². The van der Waals surface area contributed by atoms with Crippen LogP contribution in [0.4, 0.5) is 5.13 Å². The van der Waals surface area contributed by atoms with Crippen LogP contribution in [-0.4, -0.2) is 34.9 Å². The second kappa shape index (κ2) is 9.04. The highest BCUT2D eigenvalue weighted by Gasteiger charge is 2.48. The molecule has 1 atom stereocenters. The van der Waals surface area contributed by atoms with Gasteiger partial charge in [-0.15, -0.1) is 0 Å². The number of aliphatic hydroxyl groups is 1. The van der Waals surface area contributed by atoms with E-state index in [1.165, 1.54) is 12.0 Å². The third-order valence-corrected chi connectivity index (χ3v) is 7.03. The van der Waals surface area contributed by atoms with E-state index in [9.17, 15) is 19.5 Å². The van der Waals surface area contributed by atoms with Crippen molar-refractivity contribution in [2.45, 2.75) is 26.8 Å². The summed E-state index contributed by atoms with van der Waals surface area (Å²) < 4.78 is 4.80. The van der Waals surface area contributed by atoms with Gasteiger partial charge in [-0.2, -0.15) is 0 Å². The SMILES string of the molecule is COC(=O)c1sc(N2C(=O)C(=O)C(=C(O)c3cc(C)ccc3C)C2c2ccc(Cl)cc2)nc1C. The number of anilines is 1. The first-order valence-electron chi connectivity index (χ1n) is 10.3. The molecule has 0 saturated carbocycles. The first kappa shape index (κ1) is 23.7. The van der Waals surface area contributed by atoms with E-state index in [1.807, 2.05) is 26.0 Å². The fourth-order valence-corrected chi connectivity index (χ4v) is 5.03. The smallest absolute Gasteiger partial charge is 0.350 e. The summed E-state index contributed by atoms with van der Waals surface area (Å²) in [4.78, 5) is 44.5. The lowest BCUT2D eigenvalue weighted by atomic mass is 9.93. The van der Waals surface area contributed by atoms with Crippen LogP contribution in [0.5, 0.6) is 0 Å². The highest BCUT2D eigenvalue weighted by atomic mass is 35.5. The van der Waals surface area contributed by atoms with E-state index in [4.69, 9.17) is 16.3 Å². The second-order valence-corrected chi connectivity index (χ2v) is 9.36. The largest absolute Gasteiger partial charge is 0.507 e. The standard InChI is InChI=1S/C25H21ClN2O5S/c1-12-5-6-13(2)17(11-12)20(29)18-19(15-7-9-16(26)10-8-15)28(23(31)21(18)30)25-27-14(3)22(34-25)24(32)33-4/h5-11,19,29H,1-4H3. The molecule has 34 heavy (non-hydrogen) atoms. The normalized spacial score (nSPS) is 17.3. The van der Waals surface area contributed by atoms with E-state index in [-0.39, 0.29) is 21.3 Å². The summed E-state index contributed by atoms with van der Waals surface area (Å²) in [6, 6.07) is 11.2. The average Bonchev–Trinajstić information content (AvgIpc) is 3.32. The number of nitrogens with zero attached hydrogens (tertiary/aromatic N) is 2. The molecular formula is C25H21ClN2O5S. The van der Waals surface area contributed by atoms with Gasteiger partial charge in [0.1, 0.15) is 10.6 Å².